The Labute approximate surface area is 149 Å². The van der Waals surface area contributed by atoms with Crippen LogP contribution in [0.5, 0.6) is 0 Å². The Balaban J connectivity index is 1.57. The fraction of sp³-hybridized carbons (Fsp3) is 0.765. The largest absolute Gasteiger partial charge is 0.339 e. The molecule has 0 aromatic carbocycles. The molecule has 0 N–H and O–H groups in total. The Morgan fingerprint density at radius 3 is 2.92 bits per heavy atom. The van der Waals surface area contributed by atoms with Crippen LogP contribution in [-0.2, 0) is 11.3 Å². The Hall–Kier alpha value is -1.80. The minimum atomic E-state index is 0.110. The molecule has 25 heavy (non-hydrogen) atoms. The number of nitrogens with zero attached hydrogens (tertiary/aromatic N) is 7. The summed E-state index contributed by atoms with van der Waals surface area (Å²) in [5.41, 5.74) is 0.110. The van der Waals surface area contributed by atoms with Crippen molar-refractivity contribution in [3.05, 3.63) is 19.0 Å². The van der Waals surface area contributed by atoms with Gasteiger partial charge in [-0.1, -0.05) is 6.08 Å². The standard InChI is InChI=1S/C17H29N7O/c1-3-8-23-11-7-17(6-5-16(23)25)14-22(13-12-21(17)2)9-4-10-24-15-18-19-20-24/h3,15H,1,4-14H2,2H3/t17-/m1/s1. The third-order valence-electron chi connectivity index (χ3n) is 5.69. The van der Waals surface area contributed by atoms with Gasteiger partial charge in [-0.3, -0.25) is 9.69 Å². The van der Waals surface area contributed by atoms with E-state index in [9.17, 15) is 4.79 Å². The maximum Gasteiger partial charge on any atom is 0.222 e. The van der Waals surface area contributed by atoms with Gasteiger partial charge in [-0.25, -0.2) is 4.68 Å². The monoisotopic (exact) mass is 347 g/mol. The van der Waals surface area contributed by atoms with E-state index >= 15 is 0 Å². The average molecular weight is 347 g/mol. The number of aromatic nitrogens is 4. The number of aryl methyl sites for hydroxylation is 1. The van der Waals surface area contributed by atoms with Crippen LogP contribution in [0.1, 0.15) is 25.7 Å². The highest BCUT2D eigenvalue weighted by atomic mass is 16.2. The number of hydrogen-bond donors (Lipinski definition) is 0. The van der Waals surface area contributed by atoms with Crippen LogP contribution in [0.15, 0.2) is 19.0 Å². The van der Waals surface area contributed by atoms with Crippen LogP contribution in [-0.4, -0.2) is 92.7 Å². The lowest BCUT2D eigenvalue weighted by Gasteiger charge is -2.49. The first-order chi connectivity index (χ1) is 12.1. The molecule has 2 aliphatic heterocycles. The summed E-state index contributed by atoms with van der Waals surface area (Å²) in [6.45, 7) is 10.3. The molecule has 1 aromatic rings. The molecule has 0 unspecified atom stereocenters. The zero-order valence-corrected chi connectivity index (χ0v) is 15.2. The van der Waals surface area contributed by atoms with E-state index in [1.165, 1.54) is 0 Å². The van der Waals surface area contributed by atoms with Crippen molar-refractivity contribution in [2.24, 2.45) is 0 Å². The maximum atomic E-state index is 12.3. The summed E-state index contributed by atoms with van der Waals surface area (Å²) in [5, 5.41) is 11.3. The molecule has 2 saturated heterocycles. The van der Waals surface area contributed by atoms with Gasteiger partial charge in [-0.05, 0) is 36.7 Å². The maximum absolute atomic E-state index is 12.3. The van der Waals surface area contributed by atoms with Crippen molar-refractivity contribution in [3.8, 4) is 0 Å². The zero-order chi connectivity index (χ0) is 17.7. The van der Waals surface area contributed by atoms with Gasteiger partial charge in [0, 0.05) is 57.8 Å². The summed E-state index contributed by atoms with van der Waals surface area (Å²) >= 11 is 0. The molecule has 138 valence electrons. The normalized spacial score (nSPS) is 26.1. The number of carbonyl (C=O) groups excluding carboxylic acids is 1. The molecule has 3 rings (SSSR count). The molecule has 0 aliphatic carbocycles. The highest BCUT2D eigenvalue weighted by Gasteiger charge is 2.41. The summed E-state index contributed by atoms with van der Waals surface area (Å²) in [6.07, 6.45) is 7.14. The second-order valence-corrected chi connectivity index (χ2v) is 7.23. The summed E-state index contributed by atoms with van der Waals surface area (Å²) in [7, 11) is 2.21. The van der Waals surface area contributed by atoms with Crippen molar-refractivity contribution in [2.45, 2.75) is 37.8 Å². The number of carbonyl (C=O) groups is 1. The van der Waals surface area contributed by atoms with Crippen molar-refractivity contribution < 1.29 is 4.79 Å². The van der Waals surface area contributed by atoms with E-state index in [0.717, 1.165) is 58.5 Å². The third-order valence-corrected chi connectivity index (χ3v) is 5.69. The first-order valence-corrected chi connectivity index (χ1v) is 9.16. The Morgan fingerprint density at radius 2 is 2.16 bits per heavy atom. The first-order valence-electron chi connectivity index (χ1n) is 9.16. The van der Waals surface area contributed by atoms with Crippen LogP contribution in [0.2, 0.25) is 0 Å². The van der Waals surface area contributed by atoms with E-state index in [-0.39, 0.29) is 11.4 Å². The number of hydrogen-bond acceptors (Lipinski definition) is 6. The van der Waals surface area contributed by atoms with E-state index in [4.69, 9.17) is 0 Å². The Bertz CT molecular complexity index is 576. The van der Waals surface area contributed by atoms with E-state index in [1.807, 2.05) is 11.0 Å². The number of likely N-dealkylation sites (N-methyl/N-ethyl adjacent to an activating group) is 1. The molecule has 8 nitrogen and oxygen atoms in total. The smallest absolute Gasteiger partial charge is 0.222 e. The lowest BCUT2D eigenvalue weighted by atomic mass is 9.86. The summed E-state index contributed by atoms with van der Waals surface area (Å²) in [5.74, 6) is 0.265. The van der Waals surface area contributed by atoms with Gasteiger partial charge < -0.3 is 9.80 Å². The van der Waals surface area contributed by atoms with Crippen LogP contribution < -0.4 is 0 Å². The fourth-order valence-corrected chi connectivity index (χ4v) is 4.05. The van der Waals surface area contributed by atoms with Crippen molar-refractivity contribution >= 4 is 5.91 Å². The Morgan fingerprint density at radius 1 is 1.28 bits per heavy atom. The highest BCUT2D eigenvalue weighted by Crippen LogP contribution is 2.32. The molecule has 1 atom stereocenters. The molecule has 0 radical (unpaired) electrons. The molecule has 8 heteroatoms. The van der Waals surface area contributed by atoms with E-state index in [2.05, 4.69) is 39.0 Å². The van der Waals surface area contributed by atoms with Crippen LogP contribution >= 0.6 is 0 Å². The van der Waals surface area contributed by atoms with Crippen LogP contribution in [0.3, 0.4) is 0 Å². The van der Waals surface area contributed by atoms with Gasteiger partial charge in [0.25, 0.3) is 0 Å². The topological polar surface area (TPSA) is 70.4 Å². The van der Waals surface area contributed by atoms with E-state index in [0.29, 0.717) is 13.0 Å². The Kier molecular flexibility index (Phi) is 5.80. The van der Waals surface area contributed by atoms with Gasteiger partial charge in [0.05, 0.1) is 0 Å². The minimum Gasteiger partial charge on any atom is -0.339 e. The van der Waals surface area contributed by atoms with Crippen LogP contribution in [0.25, 0.3) is 0 Å². The summed E-state index contributed by atoms with van der Waals surface area (Å²) < 4.78 is 1.78. The van der Waals surface area contributed by atoms with Crippen LogP contribution in [0, 0.1) is 0 Å². The molecule has 0 bridgehead atoms. The lowest BCUT2D eigenvalue weighted by molar-refractivity contribution is -0.130. The second-order valence-electron chi connectivity index (χ2n) is 7.23. The van der Waals surface area contributed by atoms with Gasteiger partial charge in [-0.15, -0.1) is 11.7 Å². The van der Waals surface area contributed by atoms with Gasteiger partial charge in [0.2, 0.25) is 5.91 Å². The molecule has 3 heterocycles. The third kappa shape index (κ3) is 4.24. The molecule has 1 aromatic heterocycles. The fourth-order valence-electron chi connectivity index (χ4n) is 4.05. The number of rotatable bonds is 6. The van der Waals surface area contributed by atoms with Crippen molar-refractivity contribution in [3.63, 3.8) is 0 Å². The summed E-state index contributed by atoms with van der Waals surface area (Å²) in [6, 6.07) is 0. The number of likely N-dealkylation sites (tertiary alicyclic amines) is 1. The van der Waals surface area contributed by atoms with Crippen LogP contribution in [0.4, 0.5) is 0 Å². The predicted octanol–water partition coefficient (Wildman–Crippen LogP) is 0.248. The zero-order valence-electron chi connectivity index (χ0n) is 15.2. The van der Waals surface area contributed by atoms with Crippen molar-refractivity contribution in [1.29, 1.82) is 0 Å². The van der Waals surface area contributed by atoms with Gasteiger partial charge in [0.1, 0.15) is 6.33 Å². The van der Waals surface area contributed by atoms with Gasteiger partial charge in [-0.2, -0.15) is 0 Å². The lowest BCUT2D eigenvalue weighted by Crippen LogP contribution is -2.61. The second kappa shape index (κ2) is 8.05. The average Bonchev–Trinajstić information content (AvgIpc) is 3.07. The molecule has 1 spiro atoms. The summed E-state index contributed by atoms with van der Waals surface area (Å²) in [4.78, 5) is 19.3. The number of piperazine rings is 1. The SMILES string of the molecule is C=CCN1CC[C@]2(CCC1=O)CN(CCCn1cnnn1)CCN2C. The molecule has 2 fully saturated rings. The van der Waals surface area contributed by atoms with Crippen molar-refractivity contribution in [1.82, 2.24) is 34.9 Å². The quantitative estimate of drug-likeness (QED) is 0.687. The minimum absolute atomic E-state index is 0.110. The molecule has 0 saturated carbocycles. The van der Waals surface area contributed by atoms with Gasteiger partial charge >= 0.3 is 0 Å². The molecular formula is C17H29N7O. The van der Waals surface area contributed by atoms with Gasteiger partial charge in [0.15, 0.2) is 0 Å². The first kappa shape index (κ1) is 18.0. The van der Waals surface area contributed by atoms with E-state index < -0.39 is 0 Å². The molecule has 2 aliphatic rings. The van der Waals surface area contributed by atoms with Crippen molar-refractivity contribution in [2.75, 3.05) is 46.3 Å². The molecular weight excluding hydrogens is 318 g/mol. The number of amides is 1. The molecule has 1 amide bonds. The van der Waals surface area contributed by atoms with E-state index in [1.54, 1.807) is 11.0 Å². The highest BCUT2D eigenvalue weighted by molar-refractivity contribution is 5.76. The predicted molar refractivity (Wildman–Crippen MR) is 94.9 cm³/mol. The number of tetrazole rings is 1.